The third-order valence-corrected chi connectivity index (χ3v) is 3.28. The summed E-state index contributed by atoms with van der Waals surface area (Å²) in [5.41, 5.74) is 0.804. The number of para-hydroxylation sites is 1. The van der Waals surface area contributed by atoms with E-state index in [1.165, 1.54) is 0 Å². The molecule has 1 heterocycles. The molecule has 82 valence electrons. The molecule has 0 fully saturated rings. The first-order chi connectivity index (χ1) is 7.20. The first-order valence-electron chi connectivity index (χ1n) is 5.21. The summed E-state index contributed by atoms with van der Waals surface area (Å²) >= 11 is 0. The van der Waals surface area contributed by atoms with Crippen molar-refractivity contribution in [2.24, 2.45) is 0 Å². The van der Waals surface area contributed by atoms with Crippen LogP contribution in [0, 0.1) is 0 Å². The van der Waals surface area contributed by atoms with Crippen molar-refractivity contribution in [2.75, 3.05) is 27.3 Å². The fraction of sp³-hybridized carbons (Fsp3) is 0.500. The van der Waals surface area contributed by atoms with Gasteiger partial charge in [-0.1, -0.05) is 18.2 Å². The lowest BCUT2D eigenvalue weighted by molar-refractivity contribution is 0.0283. The third-order valence-electron chi connectivity index (χ3n) is 3.28. The summed E-state index contributed by atoms with van der Waals surface area (Å²) in [5, 5.41) is 9.66. The van der Waals surface area contributed by atoms with Crippen molar-refractivity contribution in [2.45, 2.75) is 12.0 Å². The van der Waals surface area contributed by atoms with Gasteiger partial charge in [-0.25, -0.2) is 0 Å². The molecule has 1 unspecified atom stereocenters. The number of aliphatic hydroxyl groups is 1. The van der Waals surface area contributed by atoms with Crippen LogP contribution in [0.1, 0.15) is 12.0 Å². The van der Waals surface area contributed by atoms with Crippen LogP contribution in [0.3, 0.4) is 0 Å². The molecular formula is C12H17NO2. The summed E-state index contributed by atoms with van der Waals surface area (Å²) in [5.74, 6) is 0.895. The fourth-order valence-corrected chi connectivity index (χ4v) is 2.21. The standard InChI is InChI=1S/C12H17NO2/c1-13(2)12(9-14)7-8-15-11-6-4-3-5-10(11)12/h3-6,14H,7-9H2,1-2H3. The van der Waals surface area contributed by atoms with Crippen LogP contribution in [-0.4, -0.2) is 37.3 Å². The van der Waals surface area contributed by atoms with E-state index in [2.05, 4.69) is 4.90 Å². The topological polar surface area (TPSA) is 32.7 Å². The highest BCUT2D eigenvalue weighted by atomic mass is 16.5. The number of rotatable bonds is 2. The van der Waals surface area contributed by atoms with Crippen LogP contribution in [0.5, 0.6) is 5.75 Å². The number of aliphatic hydroxyl groups excluding tert-OH is 1. The Morgan fingerprint density at radius 2 is 2.13 bits per heavy atom. The molecule has 3 heteroatoms. The summed E-state index contributed by atoms with van der Waals surface area (Å²) in [7, 11) is 4.00. The van der Waals surface area contributed by atoms with Crippen LogP contribution < -0.4 is 4.74 Å². The smallest absolute Gasteiger partial charge is 0.124 e. The summed E-state index contributed by atoms with van der Waals surface area (Å²) in [4.78, 5) is 2.08. The van der Waals surface area contributed by atoms with Gasteiger partial charge in [-0.2, -0.15) is 0 Å². The minimum atomic E-state index is -0.283. The van der Waals surface area contributed by atoms with Gasteiger partial charge in [0.15, 0.2) is 0 Å². The zero-order chi connectivity index (χ0) is 10.9. The summed E-state index contributed by atoms with van der Waals surface area (Å²) < 4.78 is 5.59. The summed E-state index contributed by atoms with van der Waals surface area (Å²) in [6.07, 6.45) is 0.827. The molecule has 0 aromatic heterocycles. The van der Waals surface area contributed by atoms with Gasteiger partial charge in [0.05, 0.1) is 18.8 Å². The van der Waals surface area contributed by atoms with E-state index in [9.17, 15) is 5.11 Å². The molecule has 0 radical (unpaired) electrons. The van der Waals surface area contributed by atoms with Crippen molar-refractivity contribution in [3.05, 3.63) is 29.8 Å². The van der Waals surface area contributed by atoms with Gasteiger partial charge >= 0.3 is 0 Å². The van der Waals surface area contributed by atoms with Gasteiger partial charge in [0.2, 0.25) is 0 Å². The highest BCUT2D eigenvalue weighted by Gasteiger charge is 2.38. The molecule has 0 amide bonds. The molecule has 0 spiro atoms. The molecule has 1 aromatic rings. The number of hydrogen-bond acceptors (Lipinski definition) is 3. The lowest BCUT2D eigenvalue weighted by Crippen LogP contribution is -2.48. The molecule has 1 atom stereocenters. The van der Waals surface area contributed by atoms with Gasteiger partial charge in [0.1, 0.15) is 5.75 Å². The molecule has 2 rings (SSSR count). The van der Waals surface area contributed by atoms with Crippen LogP contribution in [0.2, 0.25) is 0 Å². The maximum atomic E-state index is 9.66. The first-order valence-corrected chi connectivity index (χ1v) is 5.21. The van der Waals surface area contributed by atoms with Crippen molar-refractivity contribution in [3.8, 4) is 5.75 Å². The van der Waals surface area contributed by atoms with E-state index >= 15 is 0 Å². The van der Waals surface area contributed by atoms with E-state index in [4.69, 9.17) is 4.74 Å². The average Bonchev–Trinajstić information content (AvgIpc) is 2.28. The number of nitrogens with zero attached hydrogens (tertiary/aromatic N) is 1. The molecule has 1 aromatic carbocycles. The molecule has 0 saturated heterocycles. The molecule has 0 saturated carbocycles. The Kier molecular flexibility index (Phi) is 2.67. The second-order valence-corrected chi connectivity index (χ2v) is 4.18. The van der Waals surface area contributed by atoms with Crippen molar-refractivity contribution in [3.63, 3.8) is 0 Å². The Hall–Kier alpha value is -1.06. The Balaban J connectivity index is 2.52. The molecule has 1 aliphatic rings. The average molecular weight is 207 g/mol. The fourth-order valence-electron chi connectivity index (χ4n) is 2.21. The van der Waals surface area contributed by atoms with Crippen LogP contribution in [0.4, 0.5) is 0 Å². The first kappa shape index (κ1) is 10.5. The van der Waals surface area contributed by atoms with Crippen LogP contribution >= 0.6 is 0 Å². The Bertz CT molecular complexity index is 351. The lowest BCUT2D eigenvalue weighted by Gasteiger charge is -2.42. The van der Waals surface area contributed by atoms with E-state index < -0.39 is 0 Å². The highest BCUT2D eigenvalue weighted by molar-refractivity contribution is 5.41. The van der Waals surface area contributed by atoms with E-state index in [1.54, 1.807) is 0 Å². The predicted molar refractivity (Wildman–Crippen MR) is 59.0 cm³/mol. The van der Waals surface area contributed by atoms with Crippen LogP contribution in [-0.2, 0) is 5.54 Å². The molecular weight excluding hydrogens is 190 g/mol. The number of benzene rings is 1. The minimum absolute atomic E-state index is 0.125. The second-order valence-electron chi connectivity index (χ2n) is 4.18. The molecule has 3 nitrogen and oxygen atoms in total. The summed E-state index contributed by atoms with van der Waals surface area (Å²) in [6, 6.07) is 7.94. The monoisotopic (exact) mass is 207 g/mol. The van der Waals surface area contributed by atoms with Gasteiger partial charge in [-0.3, -0.25) is 4.90 Å². The van der Waals surface area contributed by atoms with E-state index in [0.29, 0.717) is 6.61 Å². The zero-order valence-electron chi connectivity index (χ0n) is 9.23. The van der Waals surface area contributed by atoms with E-state index in [-0.39, 0.29) is 12.1 Å². The lowest BCUT2D eigenvalue weighted by atomic mass is 9.84. The molecule has 0 aliphatic carbocycles. The number of likely N-dealkylation sites (N-methyl/N-ethyl adjacent to an activating group) is 1. The quantitative estimate of drug-likeness (QED) is 0.791. The third kappa shape index (κ3) is 1.52. The SMILES string of the molecule is CN(C)C1(CO)CCOc2ccccc21. The van der Waals surface area contributed by atoms with Crippen molar-refractivity contribution in [1.29, 1.82) is 0 Å². The van der Waals surface area contributed by atoms with Gasteiger partial charge in [-0.15, -0.1) is 0 Å². The Morgan fingerprint density at radius 3 is 2.80 bits per heavy atom. The Labute approximate surface area is 90.3 Å². The summed E-state index contributed by atoms with van der Waals surface area (Å²) in [6.45, 7) is 0.788. The maximum absolute atomic E-state index is 9.66. The highest BCUT2D eigenvalue weighted by Crippen LogP contribution is 2.39. The van der Waals surface area contributed by atoms with E-state index in [0.717, 1.165) is 17.7 Å². The van der Waals surface area contributed by atoms with E-state index in [1.807, 2.05) is 38.4 Å². The van der Waals surface area contributed by atoms with Gasteiger partial charge in [0, 0.05) is 12.0 Å². The van der Waals surface area contributed by atoms with Gasteiger partial charge < -0.3 is 9.84 Å². The predicted octanol–water partition coefficient (Wildman–Crippen LogP) is 1.22. The molecule has 0 bridgehead atoms. The number of ether oxygens (including phenoxy) is 1. The number of fused-ring (bicyclic) bond motifs is 1. The maximum Gasteiger partial charge on any atom is 0.124 e. The Morgan fingerprint density at radius 1 is 1.40 bits per heavy atom. The van der Waals surface area contributed by atoms with Crippen molar-refractivity contribution in [1.82, 2.24) is 4.90 Å². The molecule has 1 aliphatic heterocycles. The second kappa shape index (κ2) is 3.83. The minimum Gasteiger partial charge on any atom is -0.493 e. The van der Waals surface area contributed by atoms with Crippen LogP contribution in [0.15, 0.2) is 24.3 Å². The normalized spacial score (nSPS) is 24.8. The van der Waals surface area contributed by atoms with Gasteiger partial charge in [0.25, 0.3) is 0 Å². The molecule has 15 heavy (non-hydrogen) atoms. The largest absolute Gasteiger partial charge is 0.493 e. The van der Waals surface area contributed by atoms with Crippen molar-refractivity contribution >= 4 is 0 Å². The van der Waals surface area contributed by atoms with Crippen molar-refractivity contribution < 1.29 is 9.84 Å². The number of hydrogen-bond donors (Lipinski definition) is 1. The molecule has 1 N–H and O–H groups in total. The zero-order valence-corrected chi connectivity index (χ0v) is 9.23. The van der Waals surface area contributed by atoms with Gasteiger partial charge in [-0.05, 0) is 20.2 Å². The van der Waals surface area contributed by atoms with Crippen LogP contribution in [0.25, 0.3) is 0 Å².